The molecule has 1 unspecified atom stereocenters. The third-order valence-corrected chi connectivity index (χ3v) is 3.29. The molecule has 2 aromatic carbocycles. The molecule has 1 aliphatic carbocycles. The van der Waals surface area contributed by atoms with E-state index in [0.29, 0.717) is 5.92 Å². The molecule has 0 fully saturated rings. The van der Waals surface area contributed by atoms with Crippen LogP contribution in [-0.4, -0.2) is 0 Å². The van der Waals surface area contributed by atoms with Crippen molar-refractivity contribution in [2.75, 3.05) is 0 Å². The summed E-state index contributed by atoms with van der Waals surface area (Å²) in [5.41, 5.74) is 5.68. The van der Waals surface area contributed by atoms with Gasteiger partial charge in [0.1, 0.15) is 0 Å². The Morgan fingerprint density at radius 3 is 2.53 bits per heavy atom. The Balaban J connectivity index is 0.00000108. The van der Waals surface area contributed by atoms with Crippen molar-refractivity contribution in [3.8, 4) is 11.1 Å². The van der Waals surface area contributed by atoms with Gasteiger partial charge in [0.05, 0.1) is 0 Å². The Hall–Kier alpha value is -0.807. The molecule has 1 atom stereocenters. The number of benzene rings is 2. The zero-order valence-corrected chi connectivity index (χ0v) is 12.4. The number of rotatable bonds is 1. The average molecular weight is 299 g/mol. The molecule has 0 nitrogen and oxygen atoms in total. The second-order valence-electron chi connectivity index (χ2n) is 4.59. The van der Waals surface area contributed by atoms with Crippen LogP contribution in [0, 0.1) is 12.3 Å². The van der Waals surface area contributed by atoms with Crippen LogP contribution in [0.2, 0.25) is 0 Å². The summed E-state index contributed by atoms with van der Waals surface area (Å²) in [5, 5.41) is 0. The summed E-state index contributed by atoms with van der Waals surface area (Å²) in [5.74, 6) is 0.680. The molecule has 0 N–H and O–H groups in total. The maximum absolute atomic E-state index is 2.38. The van der Waals surface area contributed by atoms with Crippen LogP contribution in [-0.2, 0) is 32.6 Å². The average Bonchev–Trinajstić information content (AvgIpc) is 2.70. The van der Waals surface area contributed by atoms with E-state index in [1.165, 1.54) is 28.7 Å². The van der Waals surface area contributed by atoms with Gasteiger partial charge in [-0.1, -0.05) is 61.2 Å². The quantitative estimate of drug-likeness (QED) is 0.696. The normalized spacial score (nSPS) is 16.9. The predicted octanol–water partition coefficient (Wildman–Crippen LogP) is 4.10. The largest absolute Gasteiger partial charge is 0.188 e. The third kappa shape index (κ3) is 2.40. The minimum absolute atomic E-state index is 0. The van der Waals surface area contributed by atoms with Gasteiger partial charge in [-0.2, -0.15) is 18.1 Å². The van der Waals surface area contributed by atoms with Crippen LogP contribution < -0.4 is 0 Å². The fourth-order valence-electron chi connectivity index (χ4n) is 2.56. The number of hydrogen-bond acceptors (Lipinski definition) is 0. The summed E-state index contributed by atoms with van der Waals surface area (Å²) in [6.45, 7) is 2.29. The minimum atomic E-state index is 0. The molecule has 84 valence electrons. The van der Waals surface area contributed by atoms with Gasteiger partial charge in [0.2, 0.25) is 0 Å². The van der Waals surface area contributed by atoms with E-state index in [2.05, 4.69) is 61.9 Å². The van der Waals surface area contributed by atoms with Gasteiger partial charge in [-0.05, 0) is 5.56 Å². The van der Waals surface area contributed by atoms with Crippen molar-refractivity contribution in [2.24, 2.45) is 5.92 Å². The summed E-state index contributed by atoms with van der Waals surface area (Å²) < 4.78 is 0. The predicted molar refractivity (Wildman–Crippen MR) is 68.1 cm³/mol. The Morgan fingerprint density at radius 1 is 1.00 bits per heavy atom. The zero-order chi connectivity index (χ0) is 11.0. The first-order valence-corrected chi connectivity index (χ1v) is 5.87. The molecule has 0 aromatic heterocycles. The van der Waals surface area contributed by atoms with Gasteiger partial charge in [0.15, 0.2) is 0 Å². The monoisotopic (exact) mass is 297 g/mol. The van der Waals surface area contributed by atoms with E-state index in [9.17, 15) is 0 Å². The summed E-state index contributed by atoms with van der Waals surface area (Å²) >= 11 is 0. The van der Waals surface area contributed by atoms with Crippen molar-refractivity contribution in [1.82, 2.24) is 0 Å². The summed E-state index contributed by atoms with van der Waals surface area (Å²) in [4.78, 5) is 0. The molecule has 0 saturated heterocycles. The van der Waals surface area contributed by atoms with Gasteiger partial charge >= 0.3 is 0 Å². The molecule has 1 aliphatic rings. The van der Waals surface area contributed by atoms with E-state index in [1.54, 1.807) is 0 Å². The van der Waals surface area contributed by atoms with E-state index in [4.69, 9.17) is 0 Å². The first-order valence-electron chi connectivity index (χ1n) is 5.87. The van der Waals surface area contributed by atoms with Crippen molar-refractivity contribution >= 4 is 0 Å². The van der Waals surface area contributed by atoms with Crippen LogP contribution in [0.5, 0.6) is 0 Å². The molecule has 0 spiro atoms. The Labute approximate surface area is 122 Å². The molecule has 0 aliphatic heterocycles. The van der Waals surface area contributed by atoms with E-state index in [1.807, 2.05) is 0 Å². The van der Waals surface area contributed by atoms with Crippen molar-refractivity contribution in [2.45, 2.75) is 13.3 Å². The first kappa shape index (κ1) is 12.6. The summed E-state index contributed by atoms with van der Waals surface area (Å²) in [6.07, 6.45) is 3.56. The van der Waals surface area contributed by atoms with E-state index < -0.39 is 0 Å². The van der Waals surface area contributed by atoms with Crippen molar-refractivity contribution in [3.05, 3.63) is 66.1 Å². The fourth-order valence-corrected chi connectivity index (χ4v) is 2.56. The maximum atomic E-state index is 2.38. The van der Waals surface area contributed by atoms with Gasteiger partial charge in [-0.3, -0.25) is 0 Å². The van der Waals surface area contributed by atoms with Gasteiger partial charge in [0.25, 0.3) is 0 Å². The van der Waals surface area contributed by atoms with Crippen LogP contribution in [0.3, 0.4) is 0 Å². The second kappa shape index (κ2) is 5.23. The van der Waals surface area contributed by atoms with Crippen molar-refractivity contribution in [3.63, 3.8) is 0 Å². The van der Waals surface area contributed by atoms with Crippen LogP contribution in [0.25, 0.3) is 11.1 Å². The smallest absolute Gasteiger partial charge is 0 e. The van der Waals surface area contributed by atoms with Gasteiger partial charge in [-0.15, -0.1) is 11.6 Å². The van der Waals surface area contributed by atoms with Crippen LogP contribution >= 0.6 is 0 Å². The third-order valence-electron chi connectivity index (χ3n) is 3.29. The summed E-state index contributed by atoms with van der Waals surface area (Å²) in [7, 11) is 0. The van der Waals surface area contributed by atoms with Crippen LogP contribution in [0.15, 0.2) is 48.5 Å². The van der Waals surface area contributed by atoms with Gasteiger partial charge in [-0.25, -0.2) is 0 Å². The Bertz CT molecular complexity index is 502. The van der Waals surface area contributed by atoms with E-state index in [-0.39, 0.29) is 26.2 Å². The van der Waals surface area contributed by atoms with Crippen LogP contribution in [0.4, 0.5) is 0 Å². The molecule has 2 aromatic rings. The molecular weight excluding hydrogens is 283 g/mol. The van der Waals surface area contributed by atoms with E-state index in [0.717, 1.165) is 0 Å². The molecule has 0 bridgehead atoms. The van der Waals surface area contributed by atoms with Crippen LogP contribution in [0.1, 0.15) is 18.1 Å². The summed E-state index contributed by atoms with van der Waals surface area (Å²) in [6, 6.07) is 17.3. The molecule has 3 rings (SSSR count). The fraction of sp³-hybridized carbons (Fsp3) is 0.188. The van der Waals surface area contributed by atoms with E-state index >= 15 is 0 Å². The SMILES string of the molecule is CC1[CH-]c2cccc(-c3ccccc3)c2C1.[Zr]. The number of hydrogen-bond donors (Lipinski definition) is 0. The first-order chi connectivity index (χ1) is 7.84. The Morgan fingerprint density at radius 2 is 1.76 bits per heavy atom. The minimum Gasteiger partial charge on any atom is -0.188 e. The number of fused-ring (bicyclic) bond motifs is 1. The zero-order valence-electron chi connectivity index (χ0n) is 9.98. The topological polar surface area (TPSA) is 0 Å². The second-order valence-corrected chi connectivity index (χ2v) is 4.59. The maximum Gasteiger partial charge on any atom is 0 e. The van der Waals surface area contributed by atoms with Crippen molar-refractivity contribution < 1.29 is 26.2 Å². The molecule has 0 radical (unpaired) electrons. The standard InChI is InChI=1S/C16H15.Zr/c1-12-10-14-8-5-9-15(16(14)11-12)13-6-3-2-4-7-13;/h2-10,12H,11H2,1H3;/q-1;. The van der Waals surface area contributed by atoms with Gasteiger partial charge < -0.3 is 0 Å². The molecule has 0 amide bonds. The van der Waals surface area contributed by atoms with Crippen molar-refractivity contribution in [1.29, 1.82) is 0 Å². The Kier molecular flexibility index (Phi) is 3.89. The molecule has 0 saturated carbocycles. The molecular formula is C16H15Zr-. The van der Waals surface area contributed by atoms with Gasteiger partial charge in [0, 0.05) is 26.2 Å². The molecule has 0 heterocycles. The molecule has 17 heavy (non-hydrogen) atoms. The molecule has 1 heteroatoms.